The van der Waals surface area contributed by atoms with Crippen LogP contribution in [0.3, 0.4) is 0 Å². The molecular formula is C32H28ClF4N5O3. The summed E-state index contributed by atoms with van der Waals surface area (Å²) in [5, 5.41) is 12.2. The maximum Gasteiger partial charge on any atom is 0.248 e. The highest BCUT2D eigenvalue weighted by Gasteiger charge is 2.41. The number of pyridine rings is 1. The van der Waals surface area contributed by atoms with Crippen molar-refractivity contribution in [2.75, 3.05) is 9.80 Å². The molecule has 2 atom stereocenters. The molecule has 1 aliphatic carbocycles. The van der Waals surface area contributed by atoms with Gasteiger partial charge < -0.3 is 5.32 Å². The first-order chi connectivity index (χ1) is 21.5. The van der Waals surface area contributed by atoms with Gasteiger partial charge in [-0.2, -0.15) is 5.26 Å². The first kappa shape index (κ1) is 31.9. The van der Waals surface area contributed by atoms with Crippen molar-refractivity contribution in [1.82, 2.24) is 10.3 Å². The number of amides is 3. The molecule has 0 radical (unpaired) electrons. The van der Waals surface area contributed by atoms with Crippen LogP contribution in [0, 0.1) is 23.0 Å². The quantitative estimate of drug-likeness (QED) is 0.293. The van der Waals surface area contributed by atoms with Crippen LogP contribution in [0.25, 0.3) is 0 Å². The zero-order valence-corrected chi connectivity index (χ0v) is 24.6. The second kappa shape index (κ2) is 13.2. The van der Waals surface area contributed by atoms with Gasteiger partial charge in [0, 0.05) is 60.6 Å². The summed E-state index contributed by atoms with van der Waals surface area (Å²) in [6, 6.07) is 10.5. The lowest BCUT2D eigenvalue weighted by Gasteiger charge is -2.35. The van der Waals surface area contributed by atoms with E-state index in [0.29, 0.717) is 6.07 Å². The minimum atomic E-state index is -2.85. The highest BCUT2D eigenvalue weighted by atomic mass is 35.5. The Labute approximate surface area is 261 Å². The van der Waals surface area contributed by atoms with E-state index in [0.717, 1.165) is 17.0 Å². The Morgan fingerprint density at radius 2 is 1.78 bits per heavy atom. The molecule has 3 amide bonds. The molecule has 1 saturated carbocycles. The van der Waals surface area contributed by atoms with Crippen LogP contribution in [-0.4, -0.2) is 40.7 Å². The fraction of sp³-hybridized carbons (Fsp3) is 0.344. The molecule has 234 valence electrons. The largest absolute Gasteiger partial charge is 0.351 e. The second-order valence-electron chi connectivity index (χ2n) is 11.1. The monoisotopic (exact) mass is 641 g/mol. The van der Waals surface area contributed by atoms with Gasteiger partial charge in [-0.1, -0.05) is 29.8 Å². The summed E-state index contributed by atoms with van der Waals surface area (Å²) in [5.74, 6) is -6.59. The molecule has 2 aliphatic rings. The van der Waals surface area contributed by atoms with Crippen molar-refractivity contribution in [3.63, 3.8) is 0 Å². The molecule has 13 heteroatoms. The Hall–Kier alpha value is -4.50. The van der Waals surface area contributed by atoms with E-state index in [9.17, 15) is 37.2 Å². The molecule has 2 aromatic carbocycles. The molecule has 1 aliphatic heterocycles. The van der Waals surface area contributed by atoms with Crippen molar-refractivity contribution in [1.29, 1.82) is 5.26 Å². The number of aromatic nitrogens is 1. The lowest BCUT2D eigenvalue weighted by Crippen LogP contribution is -2.49. The van der Waals surface area contributed by atoms with E-state index in [-0.39, 0.29) is 65.7 Å². The summed E-state index contributed by atoms with van der Waals surface area (Å²) in [6.45, 7) is 0. The van der Waals surface area contributed by atoms with Crippen molar-refractivity contribution in [3.8, 4) is 6.07 Å². The number of rotatable bonds is 8. The Morgan fingerprint density at radius 3 is 2.44 bits per heavy atom. The van der Waals surface area contributed by atoms with Crippen LogP contribution in [0.5, 0.6) is 0 Å². The summed E-state index contributed by atoms with van der Waals surface area (Å²) in [7, 11) is 0. The topological polar surface area (TPSA) is 106 Å². The summed E-state index contributed by atoms with van der Waals surface area (Å²) < 4.78 is 56.9. The predicted octanol–water partition coefficient (Wildman–Crippen LogP) is 6.24. The number of hydrogen-bond acceptors (Lipinski definition) is 5. The van der Waals surface area contributed by atoms with Crippen LogP contribution in [0.2, 0.25) is 5.02 Å². The standard InChI is InChI=1S/C32H28ClF4N5O3/c33-26-4-2-1-3-25(26)30(31(45)40-22-7-10-32(36,37)11-8-22)42(24-15-20(34)14-21(35)16-24)29(44)17-23-5-6-28(43)41(23)27-13-19(18-38)9-12-39-27/h1-4,9,12-16,22-23,30H,5-8,10-11,17H2,(H,40,45)/t23-,30?/m0/s1. The number of hydrogen-bond donors (Lipinski definition) is 1. The molecule has 1 aromatic heterocycles. The van der Waals surface area contributed by atoms with Crippen LogP contribution in [0.1, 0.15) is 62.1 Å². The Morgan fingerprint density at radius 1 is 1.09 bits per heavy atom. The Bertz CT molecular complexity index is 1640. The lowest BCUT2D eigenvalue weighted by molar-refractivity contribution is -0.128. The van der Waals surface area contributed by atoms with Gasteiger partial charge >= 0.3 is 0 Å². The third kappa shape index (κ3) is 7.26. The first-order valence-corrected chi connectivity index (χ1v) is 14.7. The van der Waals surface area contributed by atoms with E-state index >= 15 is 0 Å². The van der Waals surface area contributed by atoms with Crippen LogP contribution in [-0.2, 0) is 14.4 Å². The summed E-state index contributed by atoms with van der Waals surface area (Å²) in [5.41, 5.74) is 0.101. The number of carbonyl (C=O) groups excluding carboxylic acids is 3. The molecule has 2 heterocycles. The van der Waals surface area contributed by atoms with E-state index in [1.165, 1.54) is 35.4 Å². The van der Waals surface area contributed by atoms with Gasteiger partial charge in [-0.25, -0.2) is 22.5 Å². The SMILES string of the molecule is N#Cc1ccnc(N2C(=O)CC[C@H]2CC(=O)N(c2cc(F)cc(F)c2)C(C(=O)NC2CCC(F)(F)CC2)c2ccccc2Cl)c1. The summed E-state index contributed by atoms with van der Waals surface area (Å²) in [6.07, 6.45) is 0.400. The molecule has 2 fully saturated rings. The number of halogens is 5. The molecule has 45 heavy (non-hydrogen) atoms. The highest BCUT2D eigenvalue weighted by Crippen LogP contribution is 2.37. The highest BCUT2D eigenvalue weighted by molar-refractivity contribution is 6.31. The molecule has 5 rings (SSSR count). The third-order valence-electron chi connectivity index (χ3n) is 8.02. The third-order valence-corrected chi connectivity index (χ3v) is 8.37. The van der Waals surface area contributed by atoms with E-state index in [1.54, 1.807) is 12.1 Å². The molecule has 0 bridgehead atoms. The van der Waals surface area contributed by atoms with Crippen LogP contribution in [0.15, 0.2) is 60.8 Å². The molecule has 8 nitrogen and oxygen atoms in total. The van der Waals surface area contributed by atoms with Crippen LogP contribution < -0.4 is 15.1 Å². The van der Waals surface area contributed by atoms with Crippen LogP contribution in [0.4, 0.5) is 29.1 Å². The van der Waals surface area contributed by atoms with Gasteiger partial charge in [0.1, 0.15) is 23.5 Å². The molecule has 1 saturated heterocycles. The molecule has 3 aromatic rings. The molecular weight excluding hydrogens is 614 g/mol. The van der Waals surface area contributed by atoms with Gasteiger partial charge in [0.25, 0.3) is 0 Å². The number of anilines is 2. The van der Waals surface area contributed by atoms with Crippen LogP contribution >= 0.6 is 11.6 Å². The maximum atomic E-state index is 14.6. The fourth-order valence-electron chi connectivity index (χ4n) is 5.85. The summed E-state index contributed by atoms with van der Waals surface area (Å²) >= 11 is 6.51. The second-order valence-corrected chi connectivity index (χ2v) is 11.5. The number of nitrogens with zero attached hydrogens (tertiary/aromatic N) is 4. The number of alkyl halides is 2. The Kier molecular flexibility index (Phi) is 9.39. The molecule has 1 unspecified atom stereocenters. The number of benzene rings is 2. The normalized spacial score (nSPS) is 18.7. The van der Waals surface area contributed by atoms with Crippen molar-refractivity contribution in [2.24, 2.45) is 0 Å². The van der Waals surface area contributed by atoms with E-state index in [1.807, 2.05) is 6.07 Å². The smallest absolute Gasteiger partial charge is 0.248 e. The zero-order chi connectivity index (χ0) is 32.3. The average molecular weight is 642 g/mol. The fourth-order valence-corrected chi connectivity index (χ4v) is 6.08. The average Bonchev–Trinajstić information content (AvgIpc) is 3.36. The number of nitrogens with one attached hydrogen (secondary N) is 1. The predicted molar refractivity (Wildman–Crippen MR) is 157 cm³/mol. The van der Waals surface area contributed by atoms with Crippen molar-refractivity contribution < 1.29 is 31.9 Å². The van der Waals surface area contributed by atoms with Gasteiger partial charge in [-0.3, -0.25) is 24.2 Å². The van der Waals surface area contributed by atoms with E-state index in [4.69, 9.17) is 11.6 Å². The van der Waals surface area contributed by atoms with E-state index < -0.39 is 60.3 Å². The summed E-state index contributed by atoms with van der Waals surface area (Å²) in [4.78, 5) is 47.6. The van der Waals surface area contributed by atoms with Gasteiger partial charge in [-0.15, -0.1) is 0 Å². The number of carbonyl (C=O) groups is 3. The van der Waals surface area contributed by atoms with Crippen molar-refractivity contribution in [3.05, 3.63) is 88.6 Å². The van der Waals surface area contributed by atoms with Gasteiger partial charge in [0.2, 0.25) is 23.6 Å². The minimum absolute atomic E-state index is 0.00950. The van der Waals surface area contributed by atoms with Gasteiger partial charge in [-0.05, 0) is 49.6 Å². The number of nitriles is 1. The maximum absolute atomic E-state index is 14.6. The minimum Gasteiger partial charge on any atom is -0.351 e. The van der Waals surface area contributed by atoms with Crippen molar-refractivity contribution >= 4 is 40.8 Å². The van der Waals surface area contributed by atoms with Crippen molar-refractivity contribution in [2.45, 2.75) is 69.0 Å². The van der Waals surface area contributed by atoms with Gasteiger partial charge in [0.05, 0.1) is 17.3 Å². The Balaban J connectivity index is 1.54. The molecule has 0 spiro atoms. The van der Waals surface area contributed by atoms with Gasteiger partial charge in [0.15, 0.2) is 0 Å². The lowest BCUT2D eigenvalue weighted by atomic mass is 9.91. The zero-order valence-electron chi connectivity index (χ0n) is 23.9. The first-order valence-electron chi connectivity index (χ1n) is 14.3. The van der Waals surface area contributed by atoms with E-state index in [2.05, 4.69) is 10.3 Å². The molecule has 1 N–H and O–H groups in total.